The maximum atomic E-state index is 13.2. The van der Waals surface area contributed by atoms with Gasteiger partial charge in [-0.2, -0.15) is 0 Å². The van der Waals surface area contributed by atoms with Gasteiger partial charge in [-0.3, -0.25) is 9.36 Å². The van der Waals surface area contributed by atoms with E-state index in [1.165, 1.54) is 5.56 Å². The van der Waals surface area contributed by atoms with Crippen molar-refractivity contribution in [3.8, 4) is 5.69 Å². The summed E-state index contributed by atoms with van der Waals surface area (Å²) >= 11 is 0. The van der Waals surface area contributed by atoms with E-state index in [0.717, 1.165) is 42.9 Å². The standard InChI is InChI=1S/C19H20N4O/c1-14-6-8-15(9-7-14)23-17-5-3-2-4-16(17)21-18(19(23)24)22-12-10-20-11-13-22/h2-9,20H,10-13H2,1H3. The van der Waals surface area contributed by atoms with Crippen LogP contribution in [0, 0.1) is 6.92 Å². The second kappa shape index (κ2) is 6.09. The first-order valence-corrected chi connectivity index (χ1v) is 8.28. The van der Waals surface area contributed by atoms with Gasteiger partial charge in [0.15, 0.2) is 5.82 Å². The Kier molecular flexibility index (Phi) is 3.78. The normalized spacial score (nSPS) is 15.0. The molecule has 1 N–H and O–H groups in total. The maximum Gasteiger partial charge on any atom is 0.298 e. The number of nitrogens with one attached hydrogen (secondary N) is 1. The topological polar surface area (TPSA) is 50.2 Å². The molecule has 1 aliphatic heterocycles. The third kappa shape index (κ3) is 2.57. The molecule has 3 aromatic rings. The van der Waals surface area contributed by atoms with Gasteiger partial charge in [-0.1, -0.05) is 29.8 Å². The molecule has 4 rings (SSSR count). The van der Waals surface area contributed by atoms with Gasteiger partial charge < -0.3 is 10.2 Å². The van der Waals surface area contributed by atoms with Crippen molar-refractivity contribution in [2.75, 3.05) is 31.1 Å². The third-order valence-electron chi connectivity index (χ3n) is 4.45. The van der Waals surface area contributed by atoms with Gasteiger partial charge in [-0.15, -0.1) is 0 Å². The van der Waals surface area contributed by atoms with Crippen LogP contribution in [0.3, 0.4) is 0 Å². The lowest BCUT2D eigenvalue weighted by atomic mass is 10.2. The van der Waals surface area contributed by atoms with Gasteiger partial charge in [0, 0.05) is 31.9 Å². The number of fused-ring (bicyclic) bond motifs is 1. The highest BCUT2D eigenvalue weighted by molar-refractivity contribution is 5.78. The van der Waals surface area contributed by atoms with Crippen molar-refractivity contribution >= 4 is 16.9 Å². The monoisotopic (exact) mass is 320 g/mol. The van der Waals surface area contributed by atoms with E-state index in [0.29, 0.717) is 5.82 Å². The minimum absolute atomic E-state index is 0.0561. The summed E-state index contributed by atoms with van der Waals surface area (Å²) in [4.78, 5) is 20.0. The Bertz CT molecular complexity index is 924. The minimum atomic E-state index is -0.0561. The number of aryl methyl sites for hydroxylation is 1. The van der Waals surface area contributed by atoms with Crippen LogP contribution in [0.2, 0.25) is 0 Å². The average molecular weight is 320 g/mol. The van der Waals surface area contributed by atoms with Gasteiger partial charge >= 0.3 is 0 Å². The zero-order valence-electron chi connectivity index (χ0n) is 13.7. The number of aromatic nitrogens is 2. The van der Waals surface area contributed by atoms with Crippen LogP contribution >= 0.6 is 0 Å². The largest absolute Gasteiger partial charge is 0.349 e. The van der Waals surface area contributed by atoms with Crippen molar-refractivity contribution in [1.82, 2.24) is 14.9 Å². The maximum absolute atomic E-state index is 13.2. The summed E-state index contributed by atoms with van der Waals surface area (Å²) in [7, 11) is 0. The van der Waals surface area contributed by atoms with Crippen molar-refractivity contribution in [2.24, 2.45) is 0 Å². The van der Waals surface area contributed by atoms with Crippen molar-refractivity contribution < 1.29 is 0 Å². The van der Waals surface area contributed by atoms with E-state index in [2.05, 4.69) is 15.2 Å². The molecule has 2 aromatic carbocycles. The average Bonchev–Trinajstić information content (AvgIpc) is 2.63. The Labute approximate surface area is 140 Å². The SMILES string of the molecule is Cc1ccc(-n2c(=O)c(N3CCNCC3)nc3ccccc32)cc1. The summed E-state index contributed by atoms with van der Waals surface area (Å²) in [6.07, 6.45) is 0. The Morgan fingerprint density at radius 1 is 1.00 bits per heavy atom. The molecular formula is C19H20N4O. The lowest BCUT2D eigenvalue weighted by Crippen LogP contribution is -2.46. The van der Waals surface area contributed by atoms with E-state index in [4.69, 9.17) is 0 Å². The molecule has 0 radical (unpaired) electrons. The molecule has 0 bridgehead atoms. The molecule has 1 fully saturated rings. The highest BCUT2D eigenvalue weighted by atomic mass is 16.1. The Morgan fingerprint density at radius 2 is 1.71 bits per heavy atom. The van der Waals surface area contributed by atoms with Crippen LogP contribution in [-0.4, -0.2) is 35.7 Å². The highest BCUT2D eigenvalue weighted by Gasteiger charge is 2.19. The number of benzene rings is 2. The lowest BCUT2D eigenvalue weighted by Gasteiger charge is -2.28. The van der Waals surface area contributed by atoms with Crippen LogP contribution in [0.5, 0.6) is 0 Å². The fraction of sp³-hybridized carbons (Fsp3) is 0.263. The number of rotatable bonds is 2. The summed E-state index contributed by atoms with van der Waals surface area (Å²) in [6, 6.07) is 15.9. The van der Waals surface area contributed by atoms with Crippen LogP contribution in [0.4, 0.5) is 5.82 Å². The van der Waals surface area contributed by atoms with E-state index >= 15 is 0 Å². The Hall–Kier alpha value is -2.66. The van der Waals surface area contributed by atoms with E-state index in [-0.39, 0.29) is 5.56 Å². The van der Waals surface area contributed by atoms with Crippen LogP contribution in [0.1, 0.15) is 5.56 Å². The molecule has 0 aliphatic carbocycles. The molecule has 0 saturated carbocycles. The predicted octanol–water partition coefficient (Wildman–Crippen LogP) is 2.10. The van der Waals surface area contributed by atoms with E-state index in [1.807, 2.05) is 55.5 Å². The molecular weight excluding hydrogens is 300 g/mol. The molecule has 0 amide bonds. The van der Waals surface area contributed by atoms with Crippen LogP contribution in [-0.2, 0) is 0 Å². The Morgan fingerprint density at radius 3 is 2.46 bits per heavy atom. The second-order valence-electron chi connectivity index (χ2n) is 6.14. The fourth-order valence-corrected chi connectivity index (χ4v) is 3.15. The van der Waals surface area contributed by atoms with Crippen LogP contribution in [0.15, 0.2) is 53.3 Å². The van der Waals surface area contributed by atoms with Crippen LogP contribution < -0.4 is 15.8 Å². The number of hydrogen-bond acceptors (Lipinski definition) is 4. The smallest absolute Gasteiger partial charge is 0.298 e. The van der Waals surface area contributed by atoms with Gasteiger partial charge in [-0.05, 0) is 31.2 Å². The minimum Gasteiger partial charge on any atom is -0.349 e. The van der Waals surface area contributed by atoms with Crippen molar-refractivity contribution in [3.63, 3.8) is 0 Å². The van der Waals surface area contributed by atoms with Gasteiger partial charge in [0.05, 0.1) is 11.0 Å². The number of anilines is 1. The van der Waals surface area contributed by atoms with E-state index < -0.39 is 0 Å². The quantitative estimate of drug-likeness (QED) is 0.786. The fourth-order valence-electron chi connectivity index (χ4n) is 3.15. The predicted molar refractivity (Wildman–Crippen MR) is 97.2 cm³/mol. The zero-order chi connectivity index (χ0) is 16.5. The third-order valence-corrected chi connectivity index (χ3v) is 4.45. The lowest BCUT2D eigenvalue weighted by molar-refractivity contribution is 0.583. The molecule has 5 heteroatoms. The molecule has 1 aromatic heterocycles. The summed E-state index contributed by atoms with van der Waals surface area (Å²) in [5, 5.41) is 3.32. The van der Waals surface area contributed by atoms with Gasteiger partial charge in [0.2, 0.25) is 0 Å². The zero-order valence-corrected chi connectivity index (χ0v) is 13.7. The van der Waals surface area contributed by atoms with E-state index in [9.17, 15) is 4.79 Å². The summed E-state index contributed by atoms with van der Waals surface area (Å²) in [5.41, 5.74) is 3.67. The van der Waals surface area contributed by atoms with Crippen molar-refractivity contribution in [3.05, 3.63) is 64.4 Å². The number of nitrogens with zero attached hydrogens (tertiary/aromatic N) is 3. The van der Waals surface area contributed by atoms with Gasteiger partial charge in [0.1, 0.15) is 0 Å². The van der Waals surface area contributed by atoms with Crippen LogP contribution in [0.25, 0.3) is 16.7 Å². The first kappa shape index (κ1) is 14.9. The molecule has 1 saturated heterocycles. The molecule has 122 valence electrons. The molecule has 0 unspecified atom stereocenters. The highest BCUT2D eigenvalue weighted by Crippen LogP contribution is 2.19. The van der Waals surface area contributed by atoms with Gasteiger partial charge in [0.25, 0.3) is 5.56 Å². The molecule has 24 heavy (non-hydrogen) atoms. The molecule has 5 nitrogen and oxygen atoms in total. The molecule has 0 atom stereocenters. The first-order chi connectivity index (χ1) is 11.7. The molecule has 2 heterocycles. The van der Waals surface area contributed by atoms with E-state index in [1.54, 1.807) is 4.57 Å². The summed E-state index contributed by atoms with van der Waals surface area (Å²) in [5.74, 6) is 0.538. The summed E-state index contributed by atoms with van der Waals surface area (Å²) in [6.45, 7) is 5.39. The summed E-state index contributed by atoms with van der Waals surface area (Å²) < 4.78 is 1.78. The Balaban J connectivity index is 1.97. The first-order valence-electron chi connectivity index (χ1n) is 8.28. The molecule has 0 spiro atoms. The van der Waals surface area contributed by atoms with Crippen molar-refractivity contribution in [1.29, 1.82) is 0 Å². The molecule has 1 aliphatic rings. The van der Waals surface area contributed by atoms with Gasteiger partial charge in [-0.25, -0.2) is 4.98 Å². The number of piperazine rings is 1. The second-order valence-corrected chi connectivity index (χ2v) is 6.14. The number of para-hydroxylation sites is 2. The van der Waals surface area contributed by atoms with Crippen molar-refractivity contribution in [2.45, 2.75) is 6.92 Å². The number of hydrogen-bond donors (Lipinski definition) is 1.